The Hall–Kier alpha value is -3.43. The van der Waals surface area contributed by atoms with Gasteiger partial charge >= 0.3 is 12.1 Å². The van der Waals surface area contributed by atoms with Crippen molar-refractivity contribution in [1.29, 1.82) is 0 Å². The van der Waals surface area contributed by atoms with Crippen LogP contribution in [0.2, 0.25) is 0 Å². The van der Waals surface area contributed by atoms with E-state index >= 15 is 0 Å². The third-order valence-corrected chi connectivity index (χ3v) is 5.56. The van der Waals surface area contributed by atoms with Crippen molar-refractivity contribution in [1.82, 2.24) is 5.16 Å². The summed E-state index contributed by atoms with van der Waals surface area (Å²) in [5, 5.41) is 14.3. The van der Waals surface area contributed by atoms with Crippen LogP contribution in [0, 0.1) is 5.41 Å². The summed E-state index contributed by atoms with van der Waals surface area (Å²) >= 11 is 0. The number of hydrogen-bond donors (Lipinski definition) is 1. The fourth-order valence-corrected chi connectivity index (χ4v) is 4.00. The van der Waals surface area contributed by atoms with Gasteiger partial charge in [-0.25, -0.2) is 0 Å². The lowest BCUT2D eigenvalue weighted by Crippen LogP contribution is -2.20. The van der Waals surface area contributed by atoms with E-state index in [0.717, 1.165) is 47.2 Å². The minimum absolute atomic E-state index is 0.0751. The maximum absolute atomic E-state index is 12.6. The lowest BCUT2D eigenvalue weighted by Gasteiger charge is -2.16. The first-order chi connectivity index (χ1) is 17.9. The van der Waals surface area contributed by atoms with Crippen molar-refractivity contribution in [3.05, 3.63) is 47.2 Å². The quantitative estimate of drug-likeness (QED) is 0.240. The SMILES string of the molecule is CCCc1c(OCCCOc2ccc(CC(=O)O)c(OCC(F)(F)F)c2)ccc2c(CC(C)(C)C)noc12. The van der Waals surface area contributed by atoms with Crippen LogP contribution in [0.4, 0.5) is 13.2 Å². The summed E-state index contributed by atoms with van der Waals surface area (Å²) in [7, 11) is 0. The molecule has 10 heteroatoms. The Labute approximate surface area is 219 Å². The lowest BCUT2D eigenvalue weighted by atomic mass is 9.89. The Balaban J connectivity index is 1.61. The molecule has 2 aromatic carbocycles. The number of aromatic nitrogens is 1. The van der Waals surface area contributed by atoms with Gasteiger partial charge in [-0.2, -0.15) is 13.2 Å². The van der Waals surface area contributed by atoms with Crippen molar-refractivity contribution in [3.8, 4) is 17.2 Å². The predicted molar refractivity (Wildman–Crippen MR) is 136 cm³/mol. The minimum atomic E-state index is -4.55. The molecule has 0 aliphatic heterocycles. The highest BCUT2D eigenvalue weighted by atomic mass is 19.4. The minimum Gasteiger partial charge on any atom is -0.493 e. The molecule has 0 bridgehead atoms. The van der Waals surface area contributed by atoms with Crippen molar-refractivity contribution in [3.63, 3.8) is 0 Å². The molecule has 3 rings (SSSR count). The second-order valence-electron chi connectivity index (χ2n) is 10.3. The van der Waals surface area contributed by atoms with Crippen LogP contribution in [0.5, 0.6) is 17.2 Å². The smallest absolute Gasteiger partial charge is 0.422 e. The highest BCUT2D eigenvalue weighted by molar-refractivity contribution is 5.84. The molecule has 0 aliphatic carbocycles. The van der Waals surface area contributed by atoms with E-state index in [-0.39, 0.29) is 29.1 Å². The van der Waals surface area contributed by atoms with Gasteiger partial charge in [-0.1, -0.05) is 45.3 Å². The molecule has 0 amide bonds. The zero-order valence-electron chi connectivity index (χ0n) is 22.1. The van der Waals surface area contributed by atoms with E-state index in [9.17, 15) is 18.0 Å². The summed E-state index contributed by atoms with van der Waals surface area (Å²) < 4.78 is 60.0. The Kier molecular flexibility index (Phi) is 9.51. The van der Waals surface area contributed by atoms with Crippen LogP contribution in [0.3, 0.4) is 0 Å². The van der Waals surface area contributed by atoms with Gasteiger partial charge in [-0.15, -0.1) is 0 Å². The van der Waals surface area contributed by atoms with Gasteiger partial charge in [0.2, 0.25) is 0 Å². The highest BCUT2D eigenvalue weighted by Gasteiger charge is 2.29. The Morgan fingerprint density at radius 1 is 1.03 bits per heavy atom. The Morgan fingerprint density at radius 2 is 1.76 bits per heavy atom. The van der Waals surface area contributed by atoms with Crippen LogP contribution in [0.1, 0.15) is 57.4 Å². The van der Waals surface area contributed by atoms with Crippen molar-refractivity contribution < 1.29 is 41.8 Å². The number of aryl methyl sites for hydroxylation is 1. The number of carbonyl (C=O) groups is 1. The molecule has 0 aliphatic rings. The molecule has 208 valence electrons. The number of fused-ring (bicyclic) bond motifs is 1. The Bertz CT molecular complexity index is 1230. The summed E-state index contributed by atoms with van der Waals surface area (Å²) in [6.07, 6.45) is -2.03. The average molecular weight is 538 g/mol. The first kappa shape index (κ1) is 29.1. The monoisotopic (exact) mass is 537 g/mol. The molecule has 1 aromatic heterocycles. The van der Waals surface area contributed by atoms with Gasteiger partial charge in [0.05, 0.1) is 25.3 Å². The third kappa shape index (κ3) is 8.56. The van der Waals surface area contributed by atoms with E-state index in [1.807, 2.05) is 12.1 Å². The number of hydrogen-bond acceptors (Lipinski definition) is 6. The van der Waals surface area contributed by atoms with Crippen LogP contribution < -0.4 is 14.2 Å². The van der Waals surface area contributed by atoms with E-state index in [0.29, 0.717) is 13.0 Å². The van der Waals surface area contributed by atoms with Gasteiger partial charge in [0.25, 0.3) is 0 Å². The molecule has 0 atom stereocenters. The molecule has 0 saturated heterocycles. The molecular weight excluding hydrogens is 503 g/mol. The number of nitrogens with zero attached hydrogens (tertiary/aromatic N) is 1. The van der Waals surface area contributed by atoms with Gasteiger partial charge in [-0.3, -0.25) is 4.79 Å². The fourth-order valence-electron chi connectivity index (χ4n) is 4.00. The number of rotatable bonds is 13. The number of aliphatic carboxylic acids is 1. The summed E-state index contributed by atoms with van der Waals surface area (Å²) in [4.78, 5) is 11.0. The van der Waals surface area contributed by atoms with E-state index in [2.05, 4.69) is 32.9 Å². The van der Waals surface area contributed by atoms with Gasteiger partial charge in [0, 0.05) is 29.0 Å². The first-order valence-electron chi connectivity index (χ1n) is 12.6. The van der Waals surface area contributed by atoms with Crippen LogP contribution in [0.15, 0.2) is 34.9 Å². The van der Waals surface area contributed by atoms with Crippen LogP contribution in [-0.4, -0.2) is 42.2 Å². The maximum atomic E-state index is 12.6. The van der Waals surface area contributed by atoms with Crippen LogP contribution in [-0.2, 0) is 24.1 Å². The number of benzene rings is 2. The summed E-state index contributed by atoms with van der Waals surface area (Å²) in [6, 6.07) is 8.08. The molecule has 38 heavy (non-hydrogen) atoms. The number of ether oxygens (including phenoxy) is 3. The lowest BCUT2D eigenvalue weighted by molar-refractivity contribution is -0.153. The summed E-state index contributed by atoms with van der Waals surface area (Å²) in [5.41, 5.74) is 2.85. The topological polar surface area (TPSA) is 91.0 Å². The third-order valence-electron chi connectivity index (χ3n) is 5.56. The zero-order valence-corrected chi connectivity index (χ0v) is 22.1. The zero-order chi connectivity index (χ0) is 27.9. The van der Waals surface area contributed by atoms with E-state index in [4.69, 9.17) is 23.8 Å². The highest BCUT2D eigenvalue weighted by Crippen LogP contribution is 2.34. The molecule has 0 saturated carbocycles. The number of halogens is 3. The predicted octanol–water partition coefficient (Wildman–Crippen LogP) is 6.79. The molecule has 0 unspecified atom stereocenters. The van der Waals surface area contributed by atoms with Gasteiger partial charge in [0.1, 0.15) is 17.2 Å². The molecule has 0 fully saturated rings. The van der Waals surface area contributed by atoms with E-state index in [1.54, 1.807) is 0 Å². The first-order valence-corrected chi connectivity index (χ1v) is 12.6. The maximum Gasteiger partial charge on any atom is 0.422 e. The average Bonchev–Trinajstić information content (AvgIpc) is 3.20. The van der Waals surface area contributed by atoms with Crippen LogP contribution >= 0.6 is 0 Å². The van der Waals surface area contributed by atoms with Gasteiger partial charge in [-0.05, 0) is 36.5 Å². The van der Waals surface area contributed by atoms with E-state index < -0.39 is 25.2 Å². The molecule has 1 heterocycles. The number of carboxylic acids is 1. The fraction of sp³-hybridized carbons (Fsp3) is 0.500. The summed E-state index contributed by atoms with van der Waals surface area (Å²) in [5.74, 6) is -0.353. The number of alkyl halides is 3. The molecule has 0 radical (unpaired) electrons. The van der Waals surface area contributed by atoms with Gasteiger partial charge in [0.15, 0.2) is 12.2 Å². The normalized spacial score (nSPS) is 12.1. The summed E-state index contributed by atoms with van der Waals surface area (Å²) in [6.45, 7) is 7.60. The van der Waals surface area contributed by atoms with Crippen molar-refractivity contribution in [2.75, 3.05) is 19.8 Å². The molecule has 7 nitrogen and oxygen atoms in total. The van der Waals surface area contributed by atoms with Crippen LogP contribution in [0.25, 0.3) is 11.0 Å². The molecular formula is C28H34F3NO6. The standard InChI is InChI=1S/C28H34F3NO6/c1-5-7-21-23(11-10-20-22(16-27(2,3)4)32-38-26(20)21)36-13-6-12-35-19-9-8-18(14-25(33)34)24(15-19)37-17-28(29,30)31/h8-11,15H,5-7,12-14,16-17H2,1-4H3,(H,33,34). The van der Waals surface area contributed by atoms with E-state index in [1.165, 1.54) is 18.2 Å². The number of carboxylic acid groups (broad SMARTS) is 1. The molecule has 0 spiro atoms. The van der Waals surface area contributed by atoms with Gasteiger partial charge < -0.3 is 23.8 Å². The van der Waals surface area contributed by atoms with Crippen molar-refractivity contribution in [2.24, 2.45) is 5.41 Å². The van der Waals surface area contributed by atoms with Crippen molar-refractivity contribution >= 4 is 16.9 Å². The molecule has 1 N–H and O–H groups in total. The molecule has 3 aromatic rings. The second-order valence-corrected chi connectivity index (χ2v) is 10.3. The van der Waals surface area contributed by atoms with Crippen molar-refractivity contribution in [2.45, 2.75) is 66.0 Å². The second kappa shape index (κ2) is 12.4. The largest absolute Gasteiger partial charge is 0.493 e. The Morgan fingerprint density at radius 3 is 2.42 bits per heavy atom.